The maximum atomic E-state index is 12.0. The summed E-state index contributed by atoms with van der Waals surface area (Å²) in [5.74, 6) is -0.276. The first kappa shape index (κ1) is 16.2. The van der Waals surface area contributed by atoms with Crippen molar-refractivity contribution >= 4 is 17.5 Å². The zero-order chi connectivity index (χ0) is 16.9. The largest absolute Gasteiger partial charge is 0.378 e. The number of hydrogen-bond acceptors (Lipinski definition) is 3. The molecule has 0 aromatic heterocycles. The van der Waals surface area contributed by atoms with Crippen molar-refractivity contribution in [1.82, 2.24) is 5.32 Å². The fourth-order valence-corrected chi connectivity index (χ4v) is 2.79. The average molecular weight is 324 g/mol. The van der Waals surface area contributed by atoms with Crippen LogP contribution in [-0.4, -0.2) is 23.5 Å². The van der Waals surface area contributed by atoms with Gasteiger partial charge >= 0.3 is 0 Å². The van der Waals surface area contributed by atoms with Gasteiger partial charge in [0.1, 0.15) is 0 Å². The van der Waals surface area contributed by atoms with E-state index in [0.717, 1.165) is 24.2 Å². The summed E-state index contributed by atoms with van der Waals surface area (Å²) in [5, 5.41) is 12.8. The Bertz CT molecular complexity index is 713. The summed E-state index contributed by atoms with van der Waals surface area (Å²) in [6, 6.07) is 16.4. The van der Waals surface area contributed by atoms with E-state index >= 15 is 0 Å². The first-order valence-corrected chi connectivity index (χ1v) is 8.05. The number of amides is 2. The molecule has 1 fully saturated rings. The molecule has 0 radical (unpaired) electrons. The van der Waals surface area contributed by atoms with Crippen molar-refractivity contribution in [3.8, 4) is 0 Å². The summed E-state index contributed by atoms with van der Waals surface area (Å²) in [7, 11) is 0. The maximum Gasteiger partial charge on any atom is 0.253 e. The van der Waals surface area contributed by atoms with Gasteiger partial charge in [-0.3, -0.25) is 9.59 Å². The first-order chi connectivity index (χ1) is 11.6. The molecule has 2 aromatic carbocycles. The predicted octanol–water partition coefficient (Wildman–Crippen LogP) is 2.16. The van der Waals surface area contributed by atoms with Gasteiger partial charge in [0.05, 0.1) is 0 Å². The number of aliphatic hydroxyl groups excluding tert-OH is 1. The highest BCUT2D eigenvalue weighted by atomic mass is 16.3. The average Bonchev–Trinajstić information content (AvgIpc) is 3.06. The molecule has 0 saturated carbocycles. The van der Waals surface area contributed by atoms with E-state index in [-0.39, 0.29) is 5.91 Å². The molecular formula is C19H20N2O3. The van der Waals surface area contributed by atoms with Crippen molar-refractivity contribution in [2.75, 3.05) is 11.4 Å². The molecular weight excluding hydrogens is 304 g/mol. The number of nitrogens with zero attached hydrogens (tertiary/aromatic N) is 1. The normalized spacial score (nSPS) is 15.4. The van der Waals surface area contributed by atoms with E-state index in [0.29, 0.717) is 18.5 Å². The molecule has 0 bridgehead atoms. The number of rotatable bonds is 5. The number of anilines is 1. The second kappa shape index (κ2) is 7.27. The lowest BCUT2D eigenvalue weighted by molar-refractivity contribution is -0.129. The van der Waals surface area contributed by atoms with Gasteiger partial charge in [-0.25, -0.2) is 0 Å². The molecule has 124 valence electrons. The first-order valence-electron chi connectivity index (χ1n) is 8.05. The molecule has 24 heavy (non-hydrogen) atoms. The van der Waals surface area contributed by atoms with Crippen LogP contribution in [0.2, 0.25) is 0 Å². The molecule has 2 aromatic rings. The van der Waals surface area contributed by atoms with Crippen LogP contribution in [0.1, 0.15) is 30.1 Å². The van der Waals surface area contributed by atoms with Gasteiger partial charge in [0.2, 0.25) is 5.91 Å². The minimum absolute atomic E-state index is 0.155. The Balaban J connectivity index is 1.56. The molecule has 1 unspecified atom stereocenters. The summed E-state index contributed by atoms with van der Waals surface area (Å²) in [5.41, 5.74) is 2.37. The molecule has 5 nitrogen and oxygen atoms in total. The fourth-order valence-electron chi connectivity index (χ4n) is 2.79. The zero-order valence-corrected chi connectivity index (χ0v) is 13.3. The summed E-state index contributed by atoms with van der Waals surface area (Å²) < 4.78 is 0. The van der Waals surface area contributed by atoms with Crippen LogP contribution in [0.5, 0.6) is 0 Å². The molecule has 1 aliphatic rings. The molecule has 0 aliphatic carbocycles. The smallest absolute Gasteiger partial charge is 0.253 e. The van der Waals surface area contributed by atoms with Crippen molar-refractivity contribution in [3.63, 3.8) is 0 Å². The molecule has 3 rings (SSSR count). The van der Waals surface area contributed by atoms with Crippen molar-refractivity contribution in [3.05, 3.63) is 65.7 Å². The van der Waals surface area contributed by atoms with Crippen molar-refractivity contribution < 1.29 is 14.7 Å². The third kappa shape index (κ3) is 3.63. The zero-order valence-electron chi connectivity index (χ0n) is 13.3. The quantitative estimate of drug-likeness (QED) is 0.885. The topological polar surface area (TPSA) is 69.6 Å². The van der Waals surface area contributed by atoms with E-state index in [4.69, 9.17) is 0 Å². The van der Waals surface area contributed by atoms with Crippen LogP contribution < -0.4 is 10.2 Å². The van der Waals surface area contributed by atoms with Crippen LogP contribution in [-0.2, 0) is 16.1 Å². The molecule has 1 atom stereocenters. The summed E-state index contributed by atoms with van der Waals surface area (Å²) in [4.78, 5) is 25.5. The van der Waals surface area contributed by atoms with E-state index < -0.39 is 12.0 Å². The van der Waals surface area contributed by atoms with Gasteiger partial charge in [-0.2, -0.15) is 0 Å². The van der Waals surface area contributed by atoms with Gasteiger partial charge in [0.25, 0.3) is 5.91 Å². The van der Waals surface area contributed by atoms with E-state index in [1.165, 1.54) is 0 Å². The highest BCUT2D eigenvalue weighted by Crippen LogP contribution is 2.21. The number of carbonyl (C=O) groups excluding carboxylic acids is 2. The molecule has 2 amide bonds. The minimum atomic E-state index is -1.17. The van der Waals surface area contributed by atoms with Gasteiger partial charge in [-0.1, -0.05) is 42.5 Å². The molecule has 1 saturated heterocycles. The minimum Gasteiger partial charge on any atom is -0.378 e. The van der Waals surface area contributed by atoms with Crippen LogP contribution in [0.15, 0.2) is 54.6 Å². The van der Waals surface area contributed by atoms with Crippen molar-refractivity contribution in [2.45, 2.75) is 25.5 Å². The fraction of sp³-hybridized carbons (Fsp3) is 0.263. The van der Waals surface area contributed by atoms with Crippen LogP contribution in [0, 0.1) is 0 Å². The standard InChI is InChI=1S/C19H20N2O3/c22-17-7-4-12-21(17)16-10-8-14(9-11-16)13-20-19(24)18(23)15-5-2-1-3-6-15/h1-3,5-6,8-11,18,23H,4,7,12-13H2,(H,20,24). The van der Waals surface area contributed by atoms with E-state index in [2.05, 4.69) is 5.32 Å². The number of nitrogens with one attached hydrogen (secondary N) is 1. The summed E-state index contributed by atoms with van der Waals surface area (Å²) in [6.45, 7) is 1.09. The van der Waals surface area contributed by atoms with Crippen molar-refractivity contribution in [2.24, 2.45) is 0 Å². The highest BCUT2D eigenvalue weighted by molar-refractivity contribution is 5.95. The molecule has 0 spiro atoms. The second-order valence-corrected chi connectivity index (χ2v) is 5.85. The Kier molecular flexibility index (Phi) is 4.91. The Labute approximate surface area is 140 Å². The second-order valence-electron chi connectivity index (χ2n) is 5.85. The third-order valence-electron chi connectivity index (χ3n) is 4.15. The van der Waals surface area contributed by atoms with Crippen LogP contribution >= 0.6 is 0 Å². The summed E-state index contributed by atoms with van der Waals surface area (Å²) >= 11 is 0. The lowest BCUT2D eigenvalue weighted by Crippen LogP contribution is -2.28. The van der Waals surface area contributed by atoms with Gasteiger partial charge in [0, 0.05) is 25.2 Å². The molecule has 1 heterocycles. The molecule has 5 heteroatoms. The van der Waals surface area contributed by atoms with Crippen LogP contribution in [0.4, 0.5) is 5.69 Å². The van der Waals surface area contributed by atoms with E-state index in [1.54, 1.807) is 29.2 Å². The highest BCUT2D eigenvalue weighted by Gasteiger charge is 2.21. The van der Waals surface area contributed by atoms with Gasteiger partial charge in [-0.05, 0) is 29.7 Å². The maximum absolute atomic E-state index is 12.0. The molecule has 2 N–H and O–H groups in total. The van der Waals surface area contributed by atoms with Gasteiger partial charge < -0.3 is 15.3 Å². The Morgan fingerprint density at radius 1 is 1.12 bits per heavy atom. The SMILES string of the molecule is O=C(NCc1ccc(N2CCCC2=O)cc1)C(O)c1ccccc1. The number of carbonyl (C=O) groups is 2. The number of benzene rings is 2. The van der Waals surface area contributed by atoms with Gasteiger partial charge in [0.15, 0.2) is 6.10 Å². The van der Waals surface area contributed by atoms with Crippen molar-refractivity contribution in [1.29, 1.82) is 0 Å². The number of hydrogen-bond donors (Lipinski definition) is 2. The monoisotopic (exact) mass is 324 g/mol. The Morgan fingerprint density at radius 3 is 2.46 bits per heavy atom. The lowest BCUT2D eigenvalue weighted by Gasteiger charge is -2.16. The number of aliphatic hydroxyl groups is 1. The van der Waals surface area contributed by atoms with Crippen LogP contribution in [0.3, 0.4) is 0 Å². The predicted molar refractivity (Wildman–Crippen MR) is 91.3 cm³/mol. The van der Waals surface area contributed by atoms with Crippen LogP contribution in [0.25, 0.3) is 0 Å². The molecule has 1 aliphatic heterocycles. The summed E-state index contributed by atoms with van der Waals surface area (Å²) in [6.07, 6.45) is 0.330. The Hall–Kier alpha value is -2.66. The Morgan fingerprint density at radius 2 is 1.83 bits per heavy atom. The lowest BCUT2D eigenvalue weighted by atomic mass is 10.1. The third-order valence-corrected chi connectivity index (χ3v) is 4.15. The van der Waals surface area contributed by atoms with E-state index in [9.17, 15) is 14.7 Å². The van der Waals surface area contributed by atoms with Gasteiger partial charge in [-0.15, -0.1) is 0 Å². The van der Waals surface area contributed by atoms with E-state index in [1.807, 2.05) is 30.3 Å².